The zero-order valence-electron chi connectivity index (χ0n) is 10.5. The summed E-state index contributed by atoms with van der Waals surface area (Å²) in [5.74, 6) is 0. The van der Waals surface area contributed by atoms with Gasteiger partial charge >= 0.3 is 51.4 Å². The van der Waals surface area contributed by atoms with Gasteiger partial charge in [-0.05, 0) is 34.9 Å². The van der Waals surface area contributed by atoms with Crippen LogP contribution in [0.5, 0.6) is 0 Å². The fourth-order valence-corrected chi connectivity index (χ4v) is 2.38. The summed E-state index contributed by atoms with van der Waals surface area (Å²) in [6, 6.07) is 10.3. The standard InChI is InChI=1S/C13H14O3S.K/c1-2-3-10-4-5-12-9-13(17(14,15)16)7-6-11(12)8-10;/h4-9H,2-3H2,1H3,(H,14,15,16);/q;+1/p-1. The zero-order valence-corrected chi connectivity index (χ0v) is 14.5. The Morgan fingerprint density at radius 1 is 1.06 bits per heavy atom. The van der Waals surface area contributed by atoms with Crippen molar-refractivity contribution < 1.29 is 64.4 Å². The minimum Gasteiger partial charge on any atom is -0.744 e. The molecular formula is C13H13KO3S. The molecule has 2 aromatic carbocycles. The number of fused-ring (bicyclic) bond motifs is 1. The van der Waals surface area contributed by atoms with Gasteiger partial charge in [-0.25, -0.2) is 8.42 Å². The van der Waals surface area contributed by atoms with Crippen molar-refractivity contribution in [3.63, 3.8) is 0 Å². The zero-order chi connectivity index (χ0) is 12.5. The molecule has 2 aromatic rings. The molecule has 0 aliphatic rings. The molecule has 0 spiro atoms. The van der Waals surface area contributed by atoms with E-state index in [1.54, 1.807) is 6.07 Å². The van der Waals surface area contributed by atoms with Crippen LogP contribution in [-0.4, -0.2) is 13.0 Å². The second kappa shape index (κ2) is 6.61. The van der Waals surface area contributed by atoms with Gasteiger partial charge in [0.2, 0.25) is 0 Å². The van der Waals surface area contributed by atoms with Crippen LogP contribution in [0.3, 0.4) is 0 Å². The number of hydrogen-bond donors (Lipinski definition) is 0. The normalized spacial score (nSPS) is 11.2. The van der Waals surface area contributed by atoms with Gasteiger partial charge in [0.15, 0.2) is 0 Å². The summed E-state index contributed by atoms with van der Waals surface area (Å²) in [6.07, 6.45) is 2.07. The van der Waals surface area contributed by atoms with E-state index in [0.717, 1.165) is 23.6 Å². The molecule has 0 fully saturated rings. The molecule has 0 unspecified atom stereocenters. The topological polar surface area (TPSA) is 57.2 Å². The third kappa shape index (κ3) is 3.87. The summed E-state index contributed by atoms with van der Waals surface area (Å²) < 4.78 is 32.7. The van der Waals surface area contributed by atoms with E-state index < -0.39 is 10.1 Å². The van der Waals surface area contributed by atoms with Crippen molar-refractivity contribution >= 4 is 20.9 Å². The number of hydrogen-bond acceptors (Lipinski definition) is 3. The second-order valence-corrected chi connectivity index (χ2v) is 5.43. The largest absolute Gasteiger partial charge is 1.00 e. The molecular weight excluding hydrogens is 275 g/mol. The molecule has 3 nitrogen and oxygen atoms in total. The van der Waals surface area contributed by atoms with Gasteiger partial charge in [0, 0.05) is 0 Å². The number of rotatable bonds is 3. The van der Waals surface area contributed by atoms with Crippen molar-refractivity contribution in [2.24, 2.45) is 0 Å². The maximum atomic E-state index is 10.9. The van der Waals surface area contributed by atoms with Crippen molar-refractivity contribution in [3.05, 3.63) is 42.0 Å². The van der Waals surface area contributed by atoms with E-state index in [9.17, 15) is 13.0 Å². The third-order valence-electron chi connectivity index (χ3n) is 2.70. The molecule has 0 aliphatic heterocycles. The van der Waals surface area contributed by atoms with Crippen molar-refractivity contribution in [1.82, 2.24) is 0 Å². The van der Waals surface area contributed by atoms with Crippen LogP contribution in [0.2, 0.25) is 0 Å². The van der Waals surface area contributed by atoms with E-state index in [2.05, 4.69) is 6.92 Å². The smallest absolute Gasteiger partial charge is 0.744 e. The van der Waals surface area contributed by atoms with E-state index in [1.165, 1.54) is 17.7 Å². The Labute approximate surface area is 150 Å². The first kappa shape index (κ1) is 16.3. The molecule has 18 heavy (non-hydrogen) atoms. The van der Waals surface area contributed by atoms with E-state index in [0.29, 0.717) is 0 Å². The van der Waals surface area contributed by atoms with Gasteiger partial charge in [-0.15, -0.1) is 0 Å². The second-order valence-electron chi connectivity index (χ2n) is 4.05. The maximum Gasteiger partial charge on any atom is 1.00 e. The average Bonchev–Trinajstić information content (AvgIpc) is 2.27. The summed E-state index contributed by atoms with van der Waals surface area (Å²) in [6.45, 7) is 2.11. The monoisotopic (exact) mass is 288 g/mol. The fraction of sp³-hybridized carbons (Fsp3) is 0.231. The molecule has 0 saturated carbocycles. The Balaban J connectivity index is 0.00000162. The summed E-state index contributed by atoms with van der Waals surface area (Å²) >= 11 is 0. The van der Waals surface area contributed by atoms with Crippen LogP contribution in [0.15, 0.2) is 41.3 Å². The SMILES string of the molecule is CCCc1ccc2cc(S(=O)(=O)[O-])ccc2c1.[K+]. The molecule has 0 saturated heterocycles. The minimum atomic E-state index is -4.36. The van der Waals surface area contributed by atoms with Crippen molar-refractivity contribution in [1.29, 1.82) is 0 Å². The summed E-state index contributed by atoms with van der Waals surface area (Å²) in [7, 11) is -4.36. The molecule has 0 N–H and O–H groups in total. The van der Waals surface area contributed by atoms with Gasteiger partial charge in [-0.2, -0.15) is 0 Å². The Kier molecular flexibility index (Phi) is 5.98. The van der Waals surface area contributed by atoms with Crippen LogP contribution >= 0.6 is 0 Å². The molecule has 0 radical (unpaired) electrons. The Morgan fingerprint density at radius 2 is 1.67 bits per heavy atom. The van der Waals surface area contributed by atoms with E-state index >= 15 is 0 Å². The van der Waals surface area contributed by atoms with E-state index in [-0.39, 0.29) is 56.3 Å². The van der Waals surface area contributed by atoms with Gasteiger partial charge in [0.1, 0.15) is 10.1 Å². The van der Waals surface area contributed by atoms with E-state index in [1.807, 2.05) is 18.2 Å². The van der Waals surface area contributed by atoms with Crippen LogP contribution in [-0.2, 0) is 16.5 Å². The van der Waals surface area contributed by atoms with Crippen LogP contribution in [0.1, 0.15) is 18.9 Å². The molecule has 2 rings (SSSR count). The molecule has 90 valence electrons. The Morgan fingerprint density at radius 3 is 2.28 bits per heavy atom. The van der Waals surface area contributed by atoms with E-state index in [4.69, 9.17) is 0 Å². The first-order valence-electron chi connectivity index (χ1n) is 5.49. The molecule has 0 aliphatic carbocycles. The summed E-state index contributed by atoms with van der Waals surface area (Å²) in [4.78, 5) is -0.173. The van der Waals surface area contributed by atoms with Gasteiger partial charge in [-0.1, -0.05) is 37.6 Å². The maximum absolute atomic E-state index is 10.9. The van der Waals surface area contributed by atoms with Crippen molar-refractivity contribution in [2.75, 3.05) is 0 Å². The summed E-state index contributed by atoms with van der Waals surface area (Å²) in [5.41, 5.74) is 1.22. The molecule has 0 bridgehead atoms. The predicted octanol–water partition coefficient (Wildman–Crippen LogP) is -0.300. The van der Waals surface area contributed by atoms with Gasteiger partial charge in [-0.3, -0.25) is 0 Å². The summed E-state index contributed by atoms with van der Waals surface area (Å²) in [5, 5.41) is 1.74. The van der Waals surface area contributed by atoms with Crippen LogP contribution < -0.4 is 51.4 Å². The quantitative estimate of drug-likeness (QED) is 0.575. The van der Waals surface area contributed by atoms with Crippen LogP contribution in [0.25, 0.3) is 10.8 Å². The number of aryl methyl sites for hydroxylation is 1. The van der Waals surface area contributed by atoms with Gasteiger partial charge in [0.25, 0.3) is 0 Å². The van der Waals surface area contributed by atoms with Crippen LogP contribution in [0, 0.1) is 0 Å². The predicted molar refractivity (Wildman–Crippen MR) is 65.9 cm³/mol. The van der Waals surface area contributed by atoms with Crippen LogP contribution in [0.4, 0.5) is 0 Å². The molecule has 0 amide bonds. The first-order valence-corrected chi connectivity index (χ1v) is 6.90. The molecule has 0 heterocycles. The third-order valence-corrected chi connectivity index (χ3v) is 3.53. The first-order chi connectivity index (χ1) is 8.00. The molecule has 0 aromatic heterocycles. The number of benzene rings is 2. The Hall–Kier alpha value is 0.246. The Bertz CT molecular complexity index is 650. The average molecular weight is 288 g/mol. The molecule has 0 atom stereocenters. The van der Waals surface area contributed by atoms with Crippen molar-refractivity contribution in [3.8, 4) is 0 Å². The molecule has 5 heteroatoms. The van der Waals surface area contributed by atoms with Gasteiger partial charge < -0.3 is 4.55 Å². The van der Waals surface area contributed by atoms with Gasteiger partial charge in [0.05, 0.1) is 4.90 Å². The van der Waals surface area contributed by atoms with Crippen molar-refractivity contribution in [2.45, 2.75) is 24.7 Å². The minimum absolute atomic E-state index is 0. The fourth-order valence-electron chi connectivity index (χ4n) is 1.87.